The van der Waals surface area contributed by atoms with Crippen LogP contribution in [0.25, 0.3) is 0 Å². The Morgan fingerprint density at radius 1 is 1.19 bits per heavy atom. The number of halogens is 1. The first-order chi connectivity index (χ1) is 12.8. The van der Waals surface area contributed by atoms with E-state index in [0.29, 0.717) is 24.9 Å². The first kappa shape index (κ1) is 19.5. The highest BCUT2D eigenvalue weighted by molar-refractivity contribution is 6.32. The highest BCUT2D eigenvalue weighted by Gasteiger charge is 2.27. The van der Waals surface area contributed by atoms with Gasteiger partial charge < -0.3 is 20.1 Å². The van der Waals surface area contributed by atoms with Gasteiger partial charge in [0, 0.05) is 31.0 Å². The lowest BCUT2D eigenvalue weighted by atomic mass is 9.90. The summed E-state index contributed by atoms with van der Waals surface area (Å²) in [4.78, 5) is 13.5. The topological polar surface area (TPSA) is 81.0 Å². The minimum atomic E-state index is -0.287. The van der Waals surface area contributed by atoms with Crippen molar-refractivity contribution in [3.05, 3.63) is 52.0 Å². The Labute approximate surface area is 163 Å². The van der Waals surface area contributed by atoms with Crippen molar-refractivity contribution >= 4 is 17.4 Å². The lowest BCUT2D eigenvalue weighted by Gasteiger charge is -2.24. The molecule has 5 nitrogen and oxygen atoms in total. The molecular weight excluding hydrogens is 366 g/mol. The number of phenols is 3. The number of phenolic OH excluding ortho intramolecular Hbond substituents is 3. The van der Waals surface area contributed by atoms with Crippen molar-refractivity contribution in [1.29, 1.82) is 0 Å². The Morgan fingerprint density at radius 2 is 1.89 bits per heavy atom. The van der Waals surface area contributed by atoms with E-state index in [1.807, 2.05) is 12.1 Å². The molecule has 0 radical (unpaired) electrons. The molecule has 3 rings (SSSR count). The van der Waals surface area contributed by atoms with Crippen LogP contribution in [0.3, 0.4) is 0 Å². The highest BCUT2D eigenvalue weighted by atomic mass is 35.5. The molecule has 3 N–H and O–H groups in total. The number of nitrogens with zero attached hydrogens (tertiary/aromatic N) is 1. The van der Waals surface area contributed by atoms with E-state index in [1.54, 1.807) is 25.1 Å². The molecule has 0 bridgehead atoms. The number of hydrogen-bond donors (Lipinski definition) is 3. The van der Waals surface area contributed by atoms with Crippen LogP contribution in [0.4, 0.5) is 0 Å². The summed E-state index contributed by atoms with van der Waals surface area (Å²) < 4.78 is 0. The molecule has 1 aliphatic heterocycles. The largest absolute Gasteiger partial charge is 0.508 e. The fourth-order valence-electron chi connectivity index (χ4n) is 3.71. The third kappa shape index (κ3) is 4.54. The minimum absolute atomic E-state index is 0.0793. The molecule has 1 unspecified atom stereocenters. The predicted molar refractivity (Wildman–Crippen MR) is 105 cm³/mol. The van der Waals surface area contributed by atoms with Crippen LogP contribution in [-0.4, -0.2) is 39.1 Å². The summed E-state index contributed by atoms with van der Waals surface area (Å²) in [6, 6.07) is 8.78. The van der Waals surface area contributed by atoms with E-state index in [-0.39, 0.29) is 34.0 Å². The van der Waals surface area contributed by atoms with Crippen LogP contribution in [0.2, 0.25) is 5.02 Å². The second kappa shape index (κ2) is 8.19. The van der Waals surface area contributed by atoms with Gasteiger partial charge in [-0.15, -0.1) is 0 Å². The van der Waals surface area contributed by atoms with E-state index in [4.69, 9.17) is 11.6 Å². The van der Waals surface area contributed by atoms with Crippen molar-refractivity contribution in [1.82, 2.24) is 4.90 Å². The van der Waals surface area contributed by atoms with E-state index >= 15 is 0 Å². The Hall–Kier alpha value is -2.24. The number of carbonyl (C=O) groups excluding carboxylic acids is 1. The van der Waals surface area contributed by atoms with Gasteiger partial charge in [-0.05, 0) is 55.6 Å². The average molecular weight is 390 g/mol. The summed E-state index contributed by atoms with van der Waals surface area (Å²) in [6.07, 6.45) is 1.86. The number of fused-ring (bicyclic) bond motifs is 1. The molecule has 1 heterocycles. The smallest absolute Gasteiger partial charge is 0.176 e. The molecule has 1 aliphatic rings. The van der Waals surface area contributed by atoms with Gasteiger partial charge in [-0.2, -0.15) is 0 Å². The van der Waals surface area contributed by atoms with Crippen LogP contribution in [-0.2, 0) is 17.8 Å². The van der Waals surface area contributed by atoms with Gasteiger partial charge in [-0.25, -0.2) is 0 Å². The van der Waals surface area contributed by atoms with Gasteiger partial charge in [-0.1, -0.05) is 23.7 Å². The van der Waals surface area contributed by atoms with Crippen molar-refractivity contribution < 1.29 is 20.1 Å². The number of hydrogen-bond acceptors (Lipinski definition) is 5. The molecule has 0 spiro atoms. The summed E-state index contributed by atoms with van der Waals surface area (Å²) >= 11 is 6.07. The Kier molecular flexibility index (Phi) is 5.92. The number of aromatic hydroxyl groups is 3. The summed E-state index contributed by atoms with van der Waals surface area (Å²) in [6.45, 7) is 3.69. The van der Waals surface area contributed by atoms with Crippen molar-refractivity contribution in [3.8, 4) is 17.2 Å². The van der Waals surface area contributed by atoms with Gasteiger partial charge in [0.25, 0.3) is 0 Å². The molecule has 0 amide bonds. The third-order valence-corrected chi connectivity index (χ3v) is 5.40. The van der Waals surface area contributed by atoms with Crippen LogP contribution >= 0.6 is 11.6 Å². The maximum Gasteiger partial charge on any atom is 0.176 e. The number of rotatable bonds is 5. The van der Waals surface area contributed by atoms with Gasteiger partial charge in [0.1, 0.15) is 11.5 Å². The monoisotopic (exact) mass is 389 g/mol. The third-order valence-electron chi connectivity index (χ3n) is 5.12. The minimum Gasteiger partial charge on any atom is -0.508 e. The standard InChI is InChI=1S/C21H24ClNO4/c1-13(24)3-2-8-23-11-15(14-4-6-17(25)7-5-14)9-18-16(12-23)10-19(22)21(27)20(18)26/h4-7,10,15,25-27H,2-3,8-9,11-12H2,1H3. The Morgan fingerprint density at radius 3 is 2.56 bits per heavy atom. The summed E-state index contributed by atoms with van der Waals surface area (Å²) in [5, 5.41) is 30.2. The van der Waals surface area contributed by atoms with E-state index in [0.717, 1.165) is 30.6 Å². The number of carbonyl (C=O) groups is 1. The summed E-state index contributed by atoms with van der Waals surface area (Å²) in [7, 11) is 0. The summed E-state index contributed by atoms with van der Waals surface area (Å²) in [5.41, 5.74) is 2.63. The van der Waals surface area contributed by atoms with Gasteiger partial charge in [-0.3, -0.25) is 4.90 Å². The lowest BCUT2D eigenvalue weighted by molar-refractivity contribution is -0.117. The lowest BCUT2D eigenvalue weighted by Crippen LogP contribution is -2.28. The molecule has 0 fully saturated rings. The van der Waals surface area contributed by atoms with E-state index < -0.39 is 0 Å². The number of benzene rings is 2. The first-order valence-corrected chi connectivity index (χ1v) is 9.46. The van der Waals surface area contributed by atoms with E-state index in [2.05, 4.69) is 4.90 Å². The fraction of sp³-hybridized carbons (Fsp3) is 0.381. The maximum atomic E-state index is 11.3. The molecule has 0 aliphatic carbocycles. The number of Topliss-reactive ketones (excluding diaryl/α,β-unsaturated/α-hetero) is 1. The second-order valence-electron chi connectivity index (χ2n) is 7.23. The van der Waals surface area contributed by atoms with Gasteiger partial charge >= 0.3 is 0 Å². The Balaban J connectivity index is 1.94. The van der Waals surface area contributed by atoms with Crippen LogP contribution in [0.5, 0.6) is 17.2 Å². The first-order valence-electron chi connectivity index (χ1n) is 9.08. The van der Waals surface area contributed by atoms with Crippen molar-refractivity contribution in [2.24, 2.45) is 0 Å². The van der Waals surface area contributed by atoms with Crippen molar-refractivity contribution in [3.63, 3.8) is 0 Å². The molecule has 1 atom stereocenters. The zero-order valence-corrected chi connectivity index (χ0v) is 16.0. The van der Waals surface area contributed by atoms with Crippen LogP contribution in [0.1, 0.15) is 42.4 Å². The SMILES string of the molecule is CC(=O)CCCN1Cc2cc(Cl)c(O)c(O)c2CC(c2ccc(O)cc2)C1. The zero-order valence-electron chi connectivity index (χ0n) is 15.3. The molecule has 0 saturated carbocycles. The average Bonchev–Trinajstić information content (AvgIpc) is 2.80. The molecule has 2 aromatic rings. The van der Waals surface area contributed by atoms with Crippen LogP contribution in [0.15, 0.2) is 30.3 Å². The van der Waals surface area contributed by atoms with Gasteiger partial charge in [0.2, 0.25) is 0 Å². The van der Waals surface area contributed by atoms with E-state index in [9.17, 15) is 20.1 Å². The molecule has 6 heteroatoms. The van der Waals surface area contributed by atoms with Crippen molar-refractivity contribution in [2.45, 2.75) is 38.6 Å². The fourth-order valence-corrected chi connectivity index (χ4v) is 3.93. The van der Waals surface area contributed by atoms with Gasteiger partial charge in [0.15, 0.2) is 11.5 Å². The maximum absolute atomic E-state index is 11.3. The van der Waals surface area contributed by atoms with Crippen LogP contribution in [0, 0.1) is 0 Å². The normalized spacial score (nSPS) is 17.3. The Bertz CT molecular complexity index is 835. The van der Waals surface area contributed by atoms with Crippen molar-refractivity contribution in [2.75, 3.05) is 13.1 Å². The second-order valence-corrected chi connectivity index (χ2v) is 7.63. The molecular formula is C21H24ClNO4. The number of ketones is 1. The van der Waals surface area contributed by atoms with E-state index in [1.165, 1.54) is 0 Å². The van der Waals surface area contributed by atoms with Gasteiger partial charge in [0.05, 0.1) is 5.02 Å². The highest BCUT2D eigenvalue weighted by Crippen LogP contribution is 2.42. The quantitative estimate of drug-likeness (QED) is 0.674. The van der Waals surface area contributed by atoms with Crippen LogP contribution < -0.4 is 0 Å². The zero-order chi connectivity index (χ0) is 19.6. The molecule has 0 saturated heterocycles. The summed E-state index contributed by atoms with van der Waals surface area (Å²) in [5.74, 6) is 0.0108. The molecule has 27 heavy (non-hydrogen) atoms. The molecule has 0 aromatic heterocycles. The molecule has 2 aromatic carbocycles. The predicted octanol–water partition coefficient (Wildman–Crippen LogP) is 3.97. The molecule has 144 valence electrons.